The van der Waals surface area contributed by atoms with E-state index < -0.39 is 11.6 Å². The lowest BCUT2D eigenvalue weighted by Crippen LogP contribution is -2.52. The van der Waals surface area contributed by atoms with Gasteiger partial charge < -0.3 is 10.1 Å². The van der Waals surface area contributed by atoms with E-state index in [0.717, 1.165) is 11.1 Å². The Morgan fingerprint density at radius 3 is 2.60 bits per heavy atom. The summed E-state index contributed by atoms with van der Waals surface area (Å²) >= 11 is 5.93. The van der Waals surface area contributed by atoms with Gasteiger partial charge in [0.25, 0.3) is 5.91 Å². The van der Waals surface area contributed by atoms with Gasteiger partial charge in [0.15, 0.2) is 5.60 Å². The number of hydrogen-bond acceptors (Lipinski definition) is 3. The lowest BCUT2D eigenvalue weighted by atomic mass is 9.89. The third-order valence-electron chi connectivity index (χ3n) is 4.55. The molecular weight excluding hydrogens is 338 g/mol. The fraction of sp³-hybridized carbons (Fsp3) is 0.300. The molecule has 0 radical (unpaired) electrons. The fourth-order valence-corrected chi connectivity index (χ4v) is 3.21. The van der Waals surface area contributed by atoms with Crippen molar-refractivity contribution in [2.24, 2.45) is 0 Å². The Bertz CT molecular complexity index is 803. The van der Waals surface area contributed by atoms with Crippen LogP contribution in [0.25, 0.3) is 0 Å². The molecule has 0 spiro atoms. The molecule has 5 heteroatoms. The maximum atomic E-state index is 12.9. The highest BCUT2D eigenvalue weighted by Crippen LogP contribution is 2.29. The first-order valence-corrected chi connectivity index (χ1v) is 8.68. The highest BCUT2D eigenvalue weighted by atomic mass is 35.5. The molecule has 1 heterocycles. The number of hydrogen-bond donors (Lipinski definition) is 1. The van der Waals surface area contributed by atoms with Crippen molar-refractivity contribution in [1.82, 2.24) is 5.32 Å². The summed E-state index contributed by atoms with van der Waals surface area (Å²) in [5.74, 6) is -0.754. The monoisotopic (exact) mass is 357 g/mol. The van der Waals surface area contributed by atoms with Crippen molar-refractivity contribution in [3.8, 4) is 0 Å². The van der Waals surface area contributed by atoms with Gasteiger partial charge >= 0.3 is 5.97 Å². The molecule has 1 aliphatic rings. The molecule has 0 saturated carbocycles. The van der Waals surface area contributed by atoms with Crippen molar-refractivity contribution < 1.29 is 14.3 Å². The molecule has 2 aromatic carbocycles. The zero-order chi connectivity index (χ0) is 18.0. The summed E-state index contributed by atoms with van der Waals surface area (Å²) < 4.78 is 5.49. The number of benzene rings is 2. The van der Waals surface area contributed by atoms with Crippen molar-refractivity contribution in [1.29, 1.82) is 0 Å². The zero-order valence-corrected chi connectivity index (χ0v) is 15.0. The summed E-state index contributed by atoms with van der Waals surface area (Å²) in [6.07, 6.45) is 1.08. The third-order valence-corrected chi connectivity index (χ3v) is 4.80. The Labute approximate surface area is 152 Å². The predicted octanol–water partition coefficient (Wildman–Crippen LogP) is 4.08. The molecule has 130 valence electrons. The van der Waals surface area contributed by atoms with Crippen LogP contribution in [-0.4, -0.2) is 17.5 Å². The summed E-state index contributed by atoms with van der Waals surface area (Å²) in [4.78, 5) is 25.1. The van der Waals surface area contributed by atoms with Crippen LogP contribution in [0.2, 0.25) is 5.02 Å². The van der Waals surface area contributed by atoms with Crippen molar-refractivity contribution in [2.75, 3.05) is 0 Å². The van der Waals surface area contributed by atoms with Crippen LogP contribution in [0.1, 0.15) is 47.8 Å². The number of esters is 1. The van der Waals surface area contributed by atoms with E-state index in [1.807, 2.05) is 31.2 Å². The van der Waals surface area contributed by atoms with Crippen LogP contribution in [0, 0.1) is 0 Å². The van der Waals surface area contributed by atoms with E-state index in [2.05, 4.69) is 5.32 Å². The molecule has 1 aliphatic heterocycles. The average molecular weight is 358 g/mol. The quantitative estimate of drug-likeness (QED) is 0.839. The van der Waals surface area contributed by atoms with Gasteiger partial charge in [-0.1, -0.05) is 48.9 Å². The van der Waals surface area contributed by atoms with E-state index in [9.17, 15) is 9.59 Å². The van der Waals surface area contributed by atoms with E-state index in [4.69, 9.17) is 16.3 Å². The Morgan fingerprint density at radius 2 is 1.92 bits per heavy atom. The zero-order valence-electron chi connectivity index (χ0n) is 14.2. The Hall–Kier alpha value is -2.33. The number of rotatable bonds is 4. The minimum atomic E-state index is -1.22. The number of ether oxygens (including phenoxy) is 1. The minimum absolute atomic E-state index is 0.169. The standard InChI is InChI=1S/C20H20ClNO3/c1-3-17(13-8-10-15(21)11-9-13)22-19(24)20(2)12-14-6-4-5-7-16(14)18(23)25-20/h4-11,17H,3,12H2,1-2H3,(H,22,24). The molecule has 0 saturated heterocycles. The summed E-state index contributed by atoms with van der Waals surface area (Å²) in [5.41, 5.74) is 1.10. The van der Waals surface area contributed by atoms with Crippen molar-refractivity contribution in [3.63, 3.8) is 0 Å². The van der Waals surface area contributed by atoms with Crippen LogP contribution in [0.15, 0.2) is 48.5 Å². The van der Waals surface area contributed by atoms with Crippen molar-refractivity contribution in [3.05, 3.63) is 70.2 Å². The van der Waals surface area contributed by atoms with Crippen LogP contribution >= 0.6 is 11.6 Å². The number of carbonyl (C=O) groups is 2. The maximum Gasteiger partial charge on any atom is 0.339 e. The highest BCUT2D eigenvalue weighted by Gasteiger charge is 2.43. The highest BCUT2D eigenvalue weighted by molar-refractivity contribution is 6.30. The molecule has 2 unspecified atom stereocenters. The van der Waals surface area contributed by atoms with Gasteiger partial charge in [-0.2, -0.15) is 0 Å². The molecule has 3 rings (SSSR count). The minimum Gasteiger partial charge on any atom is -0.445 e. The normalized spacial score (nSPS) is 20.4. The van der Waals surface area contributed by atoms with Gasteiger partial charge in [-0.15, -0.1) is 0 Å². The molecular formula is C20H20ClNO3. The second-order valence-electron chi connectivity index (χ2n) is 6.44. The van der Waals surface area contributed by atoms with Gasteiger partial charge in [-0.3, -0.25) is 4.79 Å². The second kappa shape index (κ2) is 6.89. The summed E-state index contributed by atoms with van der Waals surface area (Å²) in [7, 11) is 0. The summed E-state index contributed by atoms with van der Waals surface area (Å²) in [6, 6.07) is 14.4. The van der Waals surface area contributed by atoms with Crippen molar-refractivity contribution >= 4 is 23.5 Å². The SMILES string of the molecule is CCC(NC(=O)C1(C)Cc2ccccc2C(=O)O1)c1ccc(Cl)cc1. The average Bonchev–Trinajstić information content (AvgIpc) is 2.60. The van der Waals surface area contributed by atoms with Crippen molar-refractivity contribution in [2.45, 2.75) is 38.3 Å². The molecule has 25 heavy (non-hydrogen) atoms. The number of fused-ring (bicyclic) bond motifs is 1. The Morgan fingerprint density at radius 1 is 1.24 bits per heavy atom. The number of nitrogens with one attached hydrogen (secondary N) is 1. The molecule has 2 atom stereocenters. The molecule has 0 bridgehead atoms. The Balaban J connectivity index is 1.80. The summed E-state index contributed by atoms with van der Waals surface area (Å²) in [5, 5.41) is 3.65. The maximum absolute atomic E-state index is 12.9. The molecule has 4 nitrogen and oxygen atoms in total. The second-order valence-corrected chi connectivity index (χ2v) is 6.88. The van der Waals surface area contributed by atoms with Gasteiger partial charge in [0.1, 0.15) is 0 Å². The number of amides is 1. The van der Waals surface area contributed by atoms with E-state index >= 15 is 0 Å². The largest absolute Gasteiger partial charge is 0.445 e. The number of halogens is 1. The fourth-order valence-electron chi connectivity index (χ4n) is 3.09. The van der Waals surface area contributed by atoms with Gasteiger partial charge in [-0.25, -0.2) is 4.79 Å². The van der Waals surface area contributed by atoms with Crippen LogP contribution in [-0.2, 0) is 16.0 Å². The van der Waals surface area contributed by atoms with E-state index in [0.29, 0.717) is 23.4 Å². The molecule has 0 aliphatic carbocycles. The lowest BCUT2D eigenvalue weighted by Gasteiger charge is -2.34. The summed E-state index contributed by atoms with van der Waals surface area (Å²) in [6.45, 7) is 3.65. The topological polar surface area (TPSA) is 55.4 Å². The van der Waals surface area contributed by atoms with Crippen LogP contribution < -0.4 is 5.32 Å². The number of carbonyl (C=O) groups excluding carboxylic acids is 2. The molecule has 0 fully saturated rings. The van der Waals surface area contributed by atoms with E-state index in [-0.39, 0.29) is 11.9 Å². The van der Waals surface area contributed by atoms with E-state index in [1.54, 1.807) is 31.2 Å². The van der Waals surface area contributed by atoms with E-state index in [1.165, 1.54) is 0 Å². The molecule has 1 amide bonds. The first-order valence-electron chi connectivity index (χ1n) is 8.30. The van der Waals surface area contributed by atoms with Gasteiger partial charge in [0, 0.05) is 11.4 Å². The smallest absolute Gasteiger partial charge is 0.339 e. The first kappa shape index (κ1) is 17.5. The molecule has 1 N–H and O–H groups in total. The molecule has 2 aromatic rings. The van der Waals surface area contributed by atoms with Crippen LogP contribution in [0.4, 0.5) is 0 Å². The Kier molecular flexibility index (Phi) is 4.82. The van der Waals surface area contributed by atoms with Crippen LogP contribution in [0.3, 0.4) is 0 Å². The molecule has 0 aromatic heterocycles. The van der Waals surface area contributed by atoms with Gasteiger partial charge in [-0.05, 0) is 42.7 Å². The van der Waals surface area contributed by atoms with Crippen LogP contribution in [0.5, 0.6) is 0 Å². The number of cyclic esters (lactones) is 1. The third kappa shape index (κ3) is 3.54. The first-order chi connectivity index (χ1) is 11.9. The van der Waals surface area contributed by atoms with Gasteiger partial charge in [0.2, 0.25) is 0 Å². The van der Waals surface area contributed by atoms with Gasteiger partial charge in [0.05, 0.1) is 11.6 Å². The lowest BCUT2D eigenvalue weighted by molar-refractivity contribution is -0.140. The predicted molar refractivity (Wildman–Crippen MR) is 96.6 cm³/mol.